The van der Waals surface area contributed by atoms with Crippen molar-refractivity contribution in [1.29, 1.82) is 0 Å². The number of hydrogen-bond donors (Lipinski definition) is 3. The molecule has 10 nitrogen and oxygen atoms in total. The molecule has 1 fully saturated rings. The van der Waals surface area contributed by atoms with Gasteiger partial charge in [0.15, 0.2) is 0 Å². The largest absolute Gasteiger partial charge is 0.497 e. The lowest BCUT2D eigenvalue weighted by Gasteiger charge is -2.16. The number of aliphatic hydroxyl groups is 1. The molecule has 0 aliphatic carbocycles. The van der Waals surface area contributed by atoms with Gasteiger partial charge >= 0.3 is 11.9 Å². The average molecular weight is 708 g/mol. The number of methoxy groups -OCH3 is 1. The van der Waals surface area contributed by atoms with E-state index in [9.17, 15) is 19.5 Å². The van der Waals surface area contributed by atoms with Crippen LogP contribution in [0.5, 0.6) is 11.5 Å². The lowest BCUT2D eigenvalue weighted by atomic mass is 9.93. The summed E-state index contributed by atoms with van der Waals surface area (Å²) in [6.07, 6.45) is 1.56. The van der Waals surface area contributed by atoms with E-state index in [4.69, 9.17) is 25.8 Å². The van der Waals surface area contributed by atoms with Crippen LogP contribution in [-0.2, 0) is 20.9 Å². The average Bonchev–Trinajstić information content (AvgIpc) is 3.65. The van der Waals surface area contributed by atoms with Crippen molar-refractivity contribution in [3.8, 4) is 11.5 Å². The minimum Gasteiger partial charge on any atom is -0.497 e. The minimum absolute atomic E-state index is 0.107. The summed E-state index contributed by atoms with van der Waals surface area (Å²) in [5.74, 6) is -0.165. The van der Waals surface area contributed by atoms with Crippen LogP contribution in [0.15, 0.2) is 66.7 Å². The Morgan fingerprint density at radius 3 is 2.67 bits per heavy atom. The number of ether oxygens (including phenoxy) is 3. The second-order valence-electron chi connectivity index (χ2n) is 12.1. The molecule has 2 heterocycles. The van der Waals surface area contributed by atoms with E-state index in [0.29, 0.717) is 49.1 Å². The molecule has 260 valence electrons. The topological polar surface area (TPSA) is 130 Å². The van der Waals surface area contributed by atoms with E-state index in [1.807, 2.05) is 43.3 Å². The Hall–Kier alpha value is -4.03. The maximum absolute atomic E-state index is 13.6. The second kappa shape index (κ2) is 17.6. The Labute approximate surface area is 295 Å². The van der Waals surface area contributed by atoms with Crippen LogP contribution in [0.25, 0.3) is 10.9 Å². The smallest absolute Gasteiger partial charge is 0.345 e. The Kier molecular flexibility index (Phi) is 13.0. The first kappa shape index (κ1) is 36.3. The molecule has 0 saturated carbocycles. The summed E-state index contributed by atoms with van der Waals surface area (Å²) < 4.78 is 16.7. The van der Waals surface area contributed by atoms with Gasteiger partial charge in [0.05, 0.1) is 37.1 Å². The van der Waals surface area contributed by atoms with Gasteiger partial charge in [-0.3, -0.25) is 14.5 Å². The minimum atomic E-state index is -0.759. The third kappa shape index (κ3) is 10.2. The van der Waals surface area contributed by atoms with Crippen LogP contribution in [-0.4, -0.2) is 83.8 Å². The number of aromatic amines is 1. The molecule has 1 aliphatic heterocycles. The molecule has 2 unspecified atom stereocenters. The number of hydrogen-bond acceptors (Lipinski definition) is 9. The number of nitrogens with zero attached hydrogens (tertiary/aromatic N) is 1. The van der Waals surface area contributed by atoms with Gasteiger partial charge in [-0.2, -0.15) is 11.8 Å². The zero-order valence-corrected chi connectivity index (χ0v) is 29.3. The first-order valence-electron chi connectivity index (χ1n) is 16.3. The van der Waals surface area contributed by atoms with E-state index in [-0.39, 0.29) is 23.3 Å². The molecule has 49 heavy (non-hydrogen) atoms. The van der Waals surface area contributed by atoms with Crippen LogP contribution >= 0.6 is 23.4 Å². The number of amides is 1. The number of halogens is 1. The van der Waals surface area contributed by atoms with Crippen molar-refractivity contribution in [1.82, 2.24) is 15.2 Å². The maximum Gasteiger partial charge on any atom is 0.345 e. The molecular formula is C37H42ClN3O7S. The van der Waals surface area contributed by atoms with Crippen LogP contribution in [0.2, 0.25) is 5.02 Å². The summed E-state index contributed by atoms with van der Waals surface area (Å²) in [6, 6.07) is 19.7. The molecule has 2 atom stereocenters. The van der Waals surface area contributed by atoms with Gasteiger partial charge in [0.1, 0.15) is 11.5 Å². The van der Waals surface area contributed by atoms with E-state index in [0.717, 1.165) is 53.0 Å². The zero-order chi connectivity index (χ0) is 34.8. The van der Waals surface area contributed by atoms with Crippen molar-refractivity contribution < 1.29 is 33.7 Å². The first-order valence-corrected chi connectivity index (χ1v) is 17.9. The van der Waals surface area contributed by atoms with E-state index in [1.165, 1.54) is 23.9 Å². The molecule has 12 heteroatoms. The van der Waals surface area contributed by atoms with Crippen molar-refractivity contribution in [3.05, 3.63) is 94.1 Å². The van der Waals surface area contributed by atoms with Crippen LogP contribution in [0.4, 0.5) is 0 Å². The number of aromatic nitrogens is 1. The van der Waals surface area contributed by atoms with Crippen LogP contribution < -0.4 is 14.8 Å². The lowest BCUT2D eigenvalue weighted by Crippen LogP contribution is -2.27. The van der Waals surface area contributed by atoms with Gasteiger partial charge in [-0.25, -0.2) is 4.79 Å². The SMILES string of the molecule is COc1ccc2[nH]c(C)c(C(CCSCC(=O)NCCCOc3cccc(CN4CCC(O)C4)c3)C(=O)OC(=O)c3ccc(Cl)cc3)c2c1. The van der Waals surface area contributed by atoms with Crippen LogP contribution in [0, 0.1) is 6.92 Å². The van der Waals surface area contributed by atoms with Gasteiger partial charge in [-0.15, -0.1) is 0 Å². The number of carbonyl (C=O) groups excluding carboxylic acids is 3. The highest BCUT2D eigenvalue weighted by Crippen LogP contribution is 2.35. The summed E-state index contributed by atoms with van der Waals surface area (Å²) in [5.41, 5.74) is 3.71. The summed E-state index contributed by atoms with van der Waals surface area (Å²) >= 11 is 7.36. The molecule has 0 radical (unpaired) electrons. The Balaban J connectivity index is 1.10. The number of benzene rings is 3. The molecule has 0 spiro atoms. The normalized spacial score (nSPS) is 15.2. The first-order chi connectivity index (χ1) is 23.7. The Morgan fingerprint density at radius 1 is 1.10 bits per heavy atom. The fourth-order valence-electron chi connectivity index (χ4n) is 5.94. The predicted octanol–water partition coefficient (Wildman–Crippen LogP) is 5.88. The molecule has 1 amide bonds. The fraction of sp³-hybridized carbons (Fsp3) is 0.378. The van der Waals surface area contributed by atoms with E-state index in [1.54, 1.807) is 19.2 Å². The van der Waals surface area contributed by atoms with Crippen molar-refractivity contribution in [2.24, 2.45) is 0 Å². The number of fused-ring (bicyclic) bond motifs is 1. The third-order valence-electron chi connectivity index (χ3n) is 8.40. The molecule has 0 bridgehead atoms. The summed E-state index contributed by atoms with van der Waals surface area (Å²) in [6.45, 7) is 5.19. The molecule has 1 aliphatic rings. The molecule has 4 aromatic rings. The number of carbonyl (C=O) groups is 3. The van der Waals surface area contributed by atoms with Crippen LogP contribution in [0.1, 0.15) is 52.4 Å². The number of likely N-dealkylation sites (tertiary alicyclic amines) is 1. The van der Waals surface area contributed by atoms with Gasteiger partial charge in [0.25, 0.3) is 0 Å². The summed E-state index contributed by atoms with van der Waals surface area (Å²) in [4.78, 5) is 44.5. The number of nitrogens with one attached hydrogen (secondary N) is 2. The number of rotatable bonds is 16. The molecular weight excluding hydrogens is 666 g/mol. The van der Waals surface area contributed by atoms with Gasteiger partial charge in [-0.05, 0) is 97.7 Å². The monoisotopic (exact) mass is 707 g/mol. The molecule has 1 aromatic heterocycles. The quantitative estimate of drug-likeness (QED) is 0.0743. The highest BCUT2D eigenvalue weighted by Gasteiger charge is 2.29. The Bertz CT molecular complexity index is 1750. The standard InChI is InChI=1S/C37H42ClN3O7S/c1-24-35(32-20-29(46-2)11-12-33(32)40-24)31(37(45)48-36(44)26-7-9-27(38)10-8-26)14-18-49-23-34(43)39-15-4-17-47-30-6-3-5-25(19-30)21-41-16-13-28(42)22-41/h3,5-12,19-20,28,31,40,42H,4,13-18,21-23H2,1-2H3,(H,39,43). The van der Waals surface area contributed by atoms with Crippen molar-refractivity contribution >= 4 is 52.1 Å². The number of H-pyrrole nitrogens is 1. The number of esters is 2. The number of β-amino-alcohol motifs (C(OH)–C–C–N with tert-alkyl or cyclic N) is 1. The third-order valence-corrected chi connectivity index (χ3v) is 9.64. The molecule has 5 rings (SSSR count). The maximum atomic E-state index is 13.6. The van der Waals surface area contributed by atoms with Crippen LogP contribution in [0.3, 0.4) is 0 Å². The van der Waals surface area contributed by atoms with E-state index >= 15 is 0 Å². The van der Waals surface area contributed by atoms with E-state index < -0.39 is 17.9 Å². The van der Waals surface area contributed by atoms with Gasteiger partial charge in [-0.1, -0.05) is 23.7 Å². The van der Waals surface area contributed by atoms with Crippen molar-refractivity contribution in [2.75, 3.05) is 44.9 Å². The van der Waals surface area contributed by atoms with E-state index in [2.05, 4.69) is 21.3 Å². The fourth-order valence-corrected chi connectivity index (χ4v) is 6.90. The molecule has 3 N–H and O–H groups in total. The number of aliphatic hydroxyl groups excluding tert-OH is 1. The second-order valence-corrected chi connectivity index (χ2v) is 13.6. The number of thioether (sulfide) groups is 1. The Morgan fingerprint density at radius 2 is 1.92 bits per heavy atom. The summed E-state index contributed by atoms with van der Waals surface area (Å²) in [7, 11) is 1.58. The molecule has 1 saturated heterocycles. The lowest BCUT2D eigenvalue weighted by molar-refractivity contribution is -0.139. The van der Waals surface area contributed by atoms with Crippen molar-refractivity contribution in [3.63, 3.8) is 0 Å². The van der Waals surface area contributed by atoms with Crippen molar-refractivity contribution in [2.45, 2.75) is 44.8 Å². The predicted molar refractivity (Wildman–Crippen MR) is 192 cm³/mol. The van der Waals surface area contributed by atoms with Gasteiger partial charge < -0.3 is 29.6 Å². The highest BCUT2D eigenvalue weighted by molar-refractivity contribution is 7.99. The van der Waals surface area contributed by atoms with Gasteiger partial charge in [0, 0.05) is 47.8 Å². The molecule has 3 aromatic carbocycles. The van der Waals surface area contributed by atoms with Gasteiger partial charge in [0.2, 0.25) is 5.91 Å². The zero-order valence-electron chi connectivity index (χ0n) is 27.7. The number of aryl methyl sites for hydroxylation is 1. The highest BCUT2D eigenvalue weighted by atomic mass is 35.5. The summed E-state index contributed by atoms with van der Waals surface area (Å²) in [5, 5.41) is 14.0.